The Labute approximate surface area is 331 Å². The Kier molecular flexibility index (Phi) is 7.89. The molecule has 0 aliphatic heterocycles. The molecule has 1 nitrogen and oxygen atoms in total. The zero-order valence-electron chi connectivity index (χ0n) is 31.2. The lowest BCUT2D eigenvalue weighted by atomic mass is 9.91. The van der Waals surface area contributed by atoms with Crippen molar-refractivity contribution >= 4 is 43.5 Å². The van der Waals surface area contributed by atoms with Crippen molar-refractivity contribution in [2.45, 2.75) is 0 Å². The van der Waals surface area contributed by atoms with E-state index in [9.17, 15) is 0 Å². The van der Waals surface area contributed by atoms with Gasteiger partial charge < -0.3 is 4.42 Å². The average Bonchev–Trinajstić information content (AvgIpc) is 3.67. The first-order valence-electron chi connectivity index (χ1n) is 19.6. The van der Waals surface area contributed by atoms with E-state index in [0.29, 0.717) is 0 Å². The zero-order valence-corrected chi connectivity index (χ0v) is 31.2. The summed E-state index contributed by atoms with van der Waals surface area (Å²) in [6.07, 6.45) is 0. The van der Waals surface area contributed by atoms with Crippen LogP contribution in [-0.2, 0) is 0 Å². The summed E-state index contributed by atoms with van der Waals surface area (Å²) in [5.74, 6) is 0. The molecule has 0 aliphatic carbocycles. The number of hydrogen-bond acceptors (Lipinski definition) is 1. The summed E-state index contributed by atoms with van der Waals surface area (Å²) in [4.78, 5) is 0. The first-order chi connectivity index (χ1) is 28.2. The fourth-order valence-corrected chi connectivity index (χ4v) is 8.58. The van der Waals surface area contributed by atoms with E-state index in [2.05, 4.69) is 218 Å². The molecule has 57 heavy (non-hydrogen) atoms. The van der Waals surface area contributed by atoms with Crippen LogP contribution in [0.2, 0.25) is 0 Å². The van der Waals surface area contributed by atoms with E-state index in [1.54, 1.807) is 0 Å². The van der Waals surface area contributed by atoms with Gasteiger partial charge in [0.25, 0.3) is 0 Å². The molecule has 0 radical (unpaired) electrons. The molecule has 0 N–H and O–H groups in total. The maximum absolute atomic E-state index is 6.83. The summed E-state index contributed by atoms with van der Waals surface area (Å²) < 4.78 is 6.83. The van der Waals surface area contributed by atoms with Gasteiger partial charge in [0, 0.05) is 16.3 Å². The second kappa shape index (κ2) is 13.7. The quantitative estimate of drug-likeness (QED) is 0.156. The molecule has 11 aromatic rings. The van der Waals surface area contributed by atoms with E-state index in [4.69, 9.17) is 4.42 Å². The lowest BCUT2D eigenvalue weighted by molar-refractivity contribution is 0.670. The first kappa shape index (κ1) is 32.9. The van der Waals surface area contributed by atoms with Gasteiger partial charge in [-0.15, -0.1) is 0 Å². The SMILES string of the molecule is c1ccc(-c2cccc(-c3ccc4oc5c(-c6ccc(-c7cc8ccccc8c8ccccc78)cc6)cc(-c6cccc(-c7ccccc7)c6)cc5c4c3)c2)cc1. The van der Waals surface area contributed by atoms with Crippen molar-refractivity contribution in [1.82, 2.24) is 0 Å². The average molecular weight is 725 g/mol. The van der Waals surface area contributed by atoms with Crippen molar-refractivity contribution in [1.29, 1.82) is 0 Å². The third kappa shape index (κ3) is 5.89. The first-order valence-corrected chi connectivity index (χ1v) is 19.6. The van der Waals surface area contributed by atoms with Gasteiger partial charge in [0.05, 0.1) is 0 Å². The van der Waals surface area contributed by atoms with Crippen molar-refractivity contribution in [2.24, 2.45) is 0 Å². The van der Waals surface area contributed by atoms with Crippen LogP contribution >= 0.6 is 0 Å². The minimum atomic E-state index is 0.878. The molecule has 0 atom stereocenters. The number of benzene rings is 10. The van der Waals surface area contributed by atoms with Crippen LogP contribution in [0.3, 0.4) is 0 Å². The molecule has 10 aromatic carbocycles. The second-order valence-electron chi connectivity index (χ2n) is 14.9. The van der Waals surface area contributed by atoms with Gasteiger partial charge in [-0.25, -0.2) is 0 Å². The van der Waals surface area contributed by atoms with Crippen LogP contribution in [0.4, 0.5) is 0 Å². The Morgan fingerprint density at radius 2 is 0.702 bits per heavy atom. The second-order valence-corrected chi connectivity index (χ2v) is 14.9. The predicted octanol–water partition coefficient (Wildman–Crippen LogP) is 15.9. The molecule has 1 heterocycles. The number of rotatable bonds is 6. The largest absolute Gasteiger partial charge is 0.455 e. The summed E-state index contributed by atoms with van der Waals surface area (Å²) in [6, 6.07) is 78.9. The topological polar surface area (TPSA) is 13.1 Å². The van der Waals surface area contributed by atoms with Crippen molar-refractivity contribution in [3.8, 4) is 66.8 Å². The van der Waals surface area contributed by atoms with Gasteiger partial charge in [0.2, 0.25) is 0 Å². The van der Waals surface area contributed by atoms with Crippen molar-refractivity contribution < 1.29 is 4.42 Å². The molecule has 0 spiro atoms. The Morgan fingerprint density at radius 1 is 0.228 bits per heavy atom. The van der Waals surface area contributed by atoms with Gasteiger partial charge in [-0.3, -0.25) is 0 Å². The fourth-order valence-electron chi connectivity index (χ4n) is 8.58. The van der Waals surface area contributed by atoms with Gasteiger partial charge in [-0.2, -0.15) is 0 Å². The smallest absolute Gasteiger partial charge is 0.143 e. The highest BCUT2D eigenvalue weighted by molar-refractivity contribution is 6.15. The molecule has 0 unspecified atom stereocenters. The summed E-state index contributed by atoms with van der Waals surface area (Å²) in [5.41, 5.74) is 15.9. The van der Waals surface area contributed by atoms with Crippen molar-refractivity contribution in [3.05, 3.63) is 218 Å². The Bertz CT molecular complexity index is 3260. The lowest BCUT2D eigenvalue weighted by Gasteiger charge is -2.13. The fraction of sp³-hybridized carbons (Fsp3) is 0. The molecule has 266 valence electrons. The third-order valence-electron chi connectivity index (χ3n) is 11.5. The minimum absolute atomic E-state index is 0.878. The highest BCUT2D eigenvalue weighted by Crippen LogP contribution is 2.43. The summed E-state index contributed by atoms with van der Waals surface area (Å²) in [6.45, 7) is 0. The van der Waals surface area contributed by atoms with Crippen LogP contribution in [0.1, 0.15) is 0 Å². The molecular weight excluding hydrogens is 689 g/mol. The highest BCUT2D eigenvalue weighted by Gasteiger charge is 2.18. The van der Waals surface area contributed by atoms with Gasteiger partial charge in [0.15, 0.2) is 0 Å². The number of fused-ring (bicyclic) bond motifs is 6. The van der Waals surface area contributed by atoms with Crippen LogP contribution in [0.15, 0.2) is 223 Å². The summed E-state index contributed by atoms with van der Waals surface area (Å²) in [5, 5.41) is 7.27. The predicted molar refractivity (Wildman–Crippen MR) is 241 cm³/mol. The molecule has 0 fully saturated rings. The van der Waals surface area contributed by atoms with Crippen LogP contribution in [0, 0.1) is 0 Å². The molecule has 0 aliphatic rings. The van der Waals surface area contributed by atoms with E-state index in [1.807, 2.05) is 0 Å². The van der Waals surface area contributed by atoms with Crippen LogP contribution in [0.25, 0.3) is 110 Å². The molecule has 0 saturated carbocycles. The van der Waals surface area contributed by atoms with Crippen molar-refractivity contribution in [2.75, 3.05) is 0 Å². The normalized spacial score (nSPS) is 11.5. The third-order valence-corrected chi connectivity index (χ3v) is 11.5. The monoisotopic (exact) mass is 724 g/mol. The minimum Gasteiger partial charge on any atom is -0.455 e. The van der Waals surface area contributed by atoms with E-state index in [-0.39, 0.29) is 0 Å². The zero-order chi connectivity index (χ0) is 37.7. The van der Waals surface area contributed by atoms with Gasteiger partial charge in [-0.1, -0.05) is 176 Å². The maximum Gasteiger partial charge on any atom is 0.143 e. The van der Waals surface area contributed by atoms with E-state index >= 15 is 0 Å². The molecule has 0 bridgehead atoms. The van der Waals surface area contributed by atoms with Crippen molar-refractivity contribution in [3.63, 3.8) is 0 Å². The molecular formula is C56H36O. The standard InChI is InChI=1S/C56H36O/c1-3-13-37(14-4-1)41-18-11-20-43(31-41)45-29-30-55-53(33-45)54-36-47(44-21-12-19-42(32-44)38-15-5-2-6-16-38)35-52(56(54)57-55)40-27-25-39(26-28-40)51-34-46-17-7-8-22-48(46)49-23-9-10-24-50(49)51/h1-36H. The summed E-state index contributed by atoms with van der Waals surface area (Å²) in [7, 11) is 0. The Hall–Kier alpha value is -7.48. The lowest BCUT2D eigenvalue weighted by Crippen LogP contribution is -1.87. The van der Waals surface area contributed by atoms with E-state index < -0.39 is 0 Å². The summed E-state index contributed by atoms with van der Waals surface area (Å²) >= 11 is 0. The van der Waals surface area contributed by atoms with Crippen LogP contribution in [0.5, 0.6) is 0 Å². The molecule has 0 saturated heterocycles. The van der Waals surface area contributed by atoms with Gasteiger partial charge in [-0.05, 0) is 125 Å². The van der Waals surface area contributed by atoms with Crippen LogP contribution < -0.4 is 0 Å². The number of furan rings is 1. The molecule has 1 aromatic heterocycles. The van der Waals surface area contributed by atoms with E-state index in [1.165, 1.54) is 66.1 Å². The molecule has 1 heteroatoms. The van der Waals surface area contributed by atoms with Gasteiger partial charge >= 0.3 is 0 Å². The number of hydrogen-bond donors (Lipinski definition) is 0. The van der Waals surface area contributed by atoms with Gasteiger partial charge in [0.1, 0.15) is 11.2 Å². The molecule has 0 amide bonds. The highest BCUT2D eigenvalue weighted by atomic mass is 16.3. The maximum atomic E-state index is 6.83. The Morgan fingerprint density at radius 3 is 1.37 bits per heavy atom. The Balaban J connectivity index is 1.08. The van der Waals surface area contributed by atoms with Crippen LogP contribution in [-0.4, -0.2) is 0 Å². The van der Waals surface area contributed by atoms with E-state index in [0.717, 1.165) is 44.2 Å². The molecule has 11 rings (SSSR count).